The Morgan fingerprint density at radius 1 is 1.08 bits per heavy atom. The minimum Gasteiger partial charge on any atom is -0.322 e. The van der Waals surface area contributed by atoms with Crippen molar-refractivity contribution in [2.24, 2.45) is 0 Å². The number of amides is 1. The van der Waals surface area contributed by atoms with Gasteiger partial charge in [0.2, 0.25) is 10.0 Å². The minimum absolute atomic E-state index is 0.101. The third-order valence-electron chi connectivity index (χ3n) is 3.85. The molecule has 2 aromatic rings. The van der Waals surface area contributed by atoms with Gasteiger partial charge in [0.05, 0.1) is 4.90 Å². The first-order chi connectivity index (χ1) is 11.3. The number of carbonyl (C=O) groups excluding carboxylic acids is 1. The fourth-order valence-electron chi connectivity index (χ4n) is 2.24. The maximum absolute atomic E-state index is 12.5. The fraction of sp³-hybridized carbons (Fsp3) is 0.278. The minimum atomic E-state index is -3.58. The van der Waals surface area contributed by atoms with Crippen molar-refractivity contribution in [3.8, 4) is 0 Å². The molecule has 1 amide bonds. The fourth-order valence-corrected chi connectivity index (χ4v) is 3.17. The Balaban J connectivity index is 2.31. The molecule has 0 heterocycles. The number of aryl methyl sites for hydroxylation is 2. The van der Waals surface area contributed by atoms with Crippen LogP contribution in [0, 0.1) is 6.92 Å². The van der Waals surface area contributed by atoms with Crippen LogP contribution in [-0.2, 0) is 16.4 Å². The lowest BCUT2D eigenvalue weighted by Gasteiger charge is -2.14. The van der Waals surface area contributed by atoms with Crippen molar-refractivity contribution in [3.63, 3.8) is 0 Å². The molecule has 24 heavy (non-hydrogen) atoms. The van der Waals surface area contributed by atoms with Crippen LogP contribution in [-0.4, -0.2) is 32.7 Å². The summed E-state index contributed by atoms with van der Waals surface area (Å²) in [6, 6.07) is 12.2. The molecule has 0 radical (unpaired) electrons. The molecule has 128 valence electrons. The lowest BCUT2D eigenvalue weighted by Crippen LogP contribution is -2.23. The molecule has 0 atom stereocenters. The van der Waals surface area contributed by atoms with Crippen molar-refractivity contribution in [3.05, 3.63) is 59.2 Å². The van der Waals surface area contributed by atoms with Crippen molar-refractivity contribution in [1.82, 2.24) is 4.31 Å². The lowest BCUT2D eigenvalue weighted by atomic mass is 10.1. The molecule has 1 N–H and O–H groups in total. The van der Waals surface area contributed by atoms with Gasteiger partial charge in [0, 0.05) is 25.3 Å². The monoisotopic (exact) mass is 346 g/mol. The Bertz CT molecular complexity index is 841. The topological polar surface area (TPSA) is 66.5 Å². The summed E-state index contributed by atoms with van der Waals surface area (Å²) in [5.41, 5.74) is 2.92. The zero-order valence-corrected chi connectivity index (χ0v) is 15.1. The third kappa shape index (κ3) is 3.83. The van der Waals surface area contributed by atoms with Crippen molar-refractivity contribution in [2.45, 2.75) is 25.2 Å². The summed E-state index contributed by atoms with van der Waals surface area (Å²) >= 11 is 0. The average molecular weight is 346 g/mol. The molecule has 5 nitrogen and oxygen atoms in total. The van der Waals surface area contributed by atoms with Gasteiger partial charge in [-0.15, -0.1) is 0 Å². The summed E-state index contributed by atoms with van der Waals surface area (Å²) in [5.74, 6) is -0.326. The first-order valence-electron chi connectivity index (χ1n) is 7.69. The highest BCUT2D eigenvalue weighted by molar-refractivity contribution is 7.89. The molecule has 6 heteroatoms. The van der Waals surface area contributed by atoms with Gasteiger partial charge in [0.15, 0.2) is 0 Å². The van der Waals surface area contributed by atoms with Crippen LogP contribution in [0.5, 0.6) is 0 Å². The molecule has 0 aliphatic rings. The van der Waals surface area contributed by atoms with Crippen LogP contribution in [0.15, 0.2) is 47.4 Å². The van der Waals surface area contributed by atoms with Gasteiger partial charge in [0.25, 0.3) is 5.91 Å². The molecule has 0 aliphatic carbocycles. The van der Waals surface area contributed by atoms with Gasteiger partial charge in [-0.1, -0.05) is 25.1 Å². The maximum atomic E-state index is 12.5. The van der Waals surface area contributed by atoms with E-state index < -0.39 is 10.0 Å². The third-order valence-corrected chi connectivity index (χ3v) is 5.66. The Morgan fingerprint density at radius 2 is 1.71 bits per heavy atom. The van der Waals surface area contributed by atoms with Crippen LogP contribution in [0.3, 0.4) is 0 Å². The quantitative estimate of drug-likeness (QED) is 0.905. The normalized spacial score (nSPS) is 11.5. The molecule has 0 fully saturated rings. The van der Waals surface area contributed by atoms with Crippen LogP contribution >= 0.6 is 0 Å². The molecular weight excluding hydrogens is 324 g/mol. The zero-order chi connectivity index (χ0) is 17.9. The number of carbonyl (C=O) groups is 1. The van der Waals surface area contributed by atoms with E-state index in [1.807, 2.05) is 24.3 Å². The summed E-state index contributed by atoms with van der Waals surface area (Å²) in [6.07, 6.45) is 0.928. The molecule has 0 spiro atoms. The van der Waals surface area contributed by atoms with E-state index in [-0.39, 0.29) is 10.8 Å². The van der Waals surface area contributed by atoms with Gasteiger partial charge < -0.3 is 5.32 Å². The molecule has 0 saturated carbocycles. The first-order valence-corrected chi connectivity index (χ1v) is 9.13. The van der Waals surface area contributed by atoms with Crippen LogP contribution < -0.4 is 5.32 Å². The Morgan fingerprint density at radius 3 is 2.25 bits per heavy atom. The van der Waals surface area contributed by atoms with E-state index in [4.69, 9.17) is 0 Å². The summed E-state index contributed by atoms with van der Waals surface area (Å²) in [5, 5.41) is 2.81. The lowest BCUT2D eigenvalue weighted by molar-refractivity contribution is 0.102. The number of sulfonamides is 1. The molecule has 2 rings (SSSR count). The zero-order valence-electron chi connectivity index (χ0n) is 14.3. The highest BCUT2D eigenvalue weighted by Crippen LogP contribution is 2.19. The van der Waals surface area contributed by atoms with E-state index in [0.717, 1.165) is 16.3 Å². The Hall–Kier alpha value is -2.18. The number of anilines is 1. The second kappa shape index (κ2) is 7.15. The highest BCUT2D eigenvalue weighted by atomic mass is 32.2. The van der Waals surface area contributed by atoms with Gasteiger partial charge in [-0.05, 0) is 48.7 Å². The van der Waals surface area contributed by atoms with E-state index >= 15 is 0 Å². The van der Waals surface area contributed by atoms with E-state index in [9.17, 15) is 13.2 Å². The van der Waals surface area contributed by atoms with Crippen LogP contribution in [0.4, 0.5) is 5.69 Å². The van der Waals surface area contributed by atoms with Gasteiger partial charge in [-0.2, -0.15) is 0 Å². The molecular formula is C18H22N2O3S. The highest BCUT2D eigenvalue weighted by Gasteiger charge is 2.20. The van der Waals surface area contributed by atoms with Gasteiger partial charge in [0.1, 0.15) is 0 Å². The van der Waals surface area contributed by atoms with Crippen LogP contribution in [0.2, 0.25) is 0 Å². The number of nitrogens with zero attached hydrogens (tertiary/aromatic N) is 1. The van der Waals surface area contributed by atoms with Crippen molar-refractivity contribution in [2.75, 3.05) is 19.4 Å². The molecule has 0 aromatic heterocycles. The summed E-state index contributed by atoms with van der Waals surface area (Å²) in [6.45, 7) is 3.84. The predicted octanol–water partition coefficient (Wildman–Crippen LogP) is 3.06. The number of rotatable bonds is 5. The van der Waals surface area contributed by atoms with Crippen molar-refractivity contribution >= 4 is 21.6 Å². The molecule has 0 bridgehead atoms. The molecule has 0 aliphatic heterocycles. The van der Waals surface area contributed by atoms with E-state index in [2.05, 4.69) is 12.2 Å². The first kappa shape index (κ1) is 18.2. The summed E-state index contributed by atoms with van der Waals surface area (Å²) < 4.78 is 25.6. The number of hydrogen-bond acceptors (Lipinski definition) is 3. The summed E-state index contributed by atoms with van der Waals surface area (Å²) in [4.78, 5) is 12.6. The Labute approximate surface area is 143 Å². The largest absolute Gasteiger partial charge is 0.322 e. The van der Waals surface area contributed by atoms with E-state index in [1.165, 1.54) is 31.8 Å². The van der Waals surface area contributed by atoms with Crippen molar-refractivity contribution in [1.29, 1.82) is 0 Å². The predicted molar refractivity (Wildman–Crippen MR) is 95.8 cm³/mol. The van der Waals surface area contributed by atoms with Gasteiger partial charge >= 0.3 is 0 Å². The molecule has 2 aromatic carbocycles. The number of nitrogens with one attached hydrogen (secondary N) is 1. The average Bonchev–Trinajstić information content (AvgIpc) is 2.55. The Kier molecular flexibility index (Phi) is 5.41. The summed E-state index contributed by atoms with van der Waals surface area (Å²) in [7, 11) is -0.653. The maximum Gasteiger partial charge on any atom is 0.255 e. The second-order valence-electron chi connectivity index (χ2n) is 5.77. The SMILES string of the molecule is CCc1ccc(NC(=O)c2cc(S(=O)(=O)N(C)C)ccc2C)cc1. The molecule has 0 saturated heterocycles. The number of hydrogen-bond donors (Lipinski definition) is 1. The van der Waals surface area contributed by atoms with E-state index in [1.54, 1.807) is 13.0 Å². The van der Waals surface area contributed by atoms with Gasteiger partial charge in [-0.3, -0.25) is 4.79 Å². The smallest absolute Gasteiger partial charge is 0.255 e. The second-order valence-corrected chi connectivity index (χ2v) is 7.92. The van der Waals surface area contributed by atoms with Crippen LogP contribution in [0.25, 0.3) is 0 Å². The number of benzene rings is 2. The standard InChI is InChI=1S/C18H22N2O3S/c1-5-14-7-9-15(10-8-14)19-18(21)17-12-16(11-6-13(17)2)24(22,23)20(3)4/h6-12H,5H2,1-4H3,(H,19,21). The molecule has 0 unspecified atom stereocenters. The van der Waals surface area contributed by atoms with Gasteiger partial charge in [-0.25, -0.2) is 12.7 Å². The van der Waals surface area contributed by atoms with E-state index in [0.29, 0.717) is 11.3 Å². The van der Waals surface area contributed by atoms with Crippen molar-refractivity contribution < 1.29 is 13.2 Å². The van der Waals surface area contributed by atoms with Crippen LogP contribution in [0.1, 0.15) is 28.4 Å².